The van der Waals surface area contributed by atoms with Gasteiger partial charge in [-0.15, -0.1) is 0 Å². The lowest BCUT2D eigenvalue weighted by Gasteiger charge is -2.24. The zero-order valence-corrected chi connectivity index (χ0v) is 14.3. The van der Waals surface area contributed by atoms with Crippen LogP contribution in [-0.2, 0) is 0 Å². The second-order valence-corrected chi connectivity index (χ2v) is 7.43. The number of aromatic nitrogens is 1. The molecule has 2 atom stereocenters. The van der Waals surface area contributed by atoms with Crippen LogP contribution in [0.25, 0.3) is 10.9 Å². The van der Waals surface area contributed by atoms with Gasteiger partial charge in [-0.1, -0.05) is 0 Å². The van der Waals surface area contributed by atoms with Gasteiger partial charge in [0.1, 0.15) is 5.75 Å². The molecular weight excluding hydrogens is 302 g/mol. The predicted octanol–water partition coefficient (Wildman–Crippen LogP) is 2.52. The van der Waals surface area contributed by atoms with Gasteiger partial charge < -0.3 is 20.3 Å². The first kappa shape index (κ1) is 15.5. The Bertz CT molecular complexity index is 852. The molecule has 1 aliphatic heterocycles. The first-order chi connectivity index (χ1) is 11.5. The van der Waals surface area contributed by atoms with E-state index < -0.39 is 0 Å². The second kappa shape index (κ2) is 5.52. The van der Waals surface area contributed by atoms with Crippen LogP contribution in [0.3, 0.4) is 0 Å². The monoisotopic (exact) mass is 327 g/mol. The summed E-state index contributed by atoms with van der Waals surface area (Å²) >= 11 is 0. The number of anilines is 1. The molecule has 1 aliphatic carbocycles. The maximum Gasteiger partial charge on any atom is 0.255 e. The normalized spacial score (nSPS) is 22.3. The Morgan fingerprint density at radius 1 is 1.29 bits per heavy atom. The van der Waals surface area contributed by atoms with Gasteiger partial charge in [0.25, 0.3) is 5.56 Å². The predicted molar refractivity (Wildman–Crippen MR) is 96.9 cm³/mol. The molecule has 4 rings (SSSR count). The van der Waals surface area contributed by atoms with Crippen molar-refractivity contribution in [3.63, 3.8) is 0 Å². The van der Waals surface area contributed by atoms with E-state index >= 15 is 0 Å². The lowest BCUT2D eigenvalue weighted by Crippen LogP contribution is -2.30. The van der Waals surface area contributed by atoms with Gasteiger partial charge in [0.15, 0.2) is 0 Å². The molecule has 3 N–H and O–H groups in total. The molecule has 1 aromatic heterocycles. The minimum atomic E-state index is -0.0994. The summed E-state index contributed by atoms with van der Waals surface area (Å²) in [6, 6.07) is 5.85. The summed E-state index contributed by atoms with van der Waals surface area (Å²) in [6.45, 7) is 6.08. The van der Waals surface area contributed by atoms with Crippen molar-refractivity contribution in [2.45, 2.75) is 45.2 Å². The molecule has 2 aromatic rings. The third-order valence-electron chi connectivity index (χ3n) is 5.64. The largest absolute Gasteiger partial charge is 0.507 e. The maximum absolute atomic E-state index is 12.4. The fourth-order valence-corrected chi connectivity index (χ4v) is 4.05. The Morgan fingerprint density at radius 3 is 2.67 bits per heavy atom. The minimum absolute atomic E-state index is 0.0800. The molecule has 2 aliphatic rings. The Hall–Kier alpha value is -2.01. The fraction of sp³-hybridized carbons (Fsp3) is 0.526. The molecule has 2 fully saturated rings. The number of nitrogens with zero attached hydrogens (tertiary/aromatic N) is 2. The third-order valence-corrected chi connectivity index (χ3v) is 5.64. The summed E-state index contributed by atoms with van der Waals surface area (Å²) in [5.74, 6) is 0.589. The van der Waals surface area contributed by atoms with Crippen molar-refractivity contribution in [2.75, 3.05) is 18.0 Å². The number of benzene rings is 1. The van der Waals surface area contributed by atoms with Crippen LogP contribution in [0.4, 0.5) is 5.69 Å². The summed E-state index contributed by atoms with van der Waals surface area (Å²) in [4.78, 5) is 14.8. The quantitative estimate of drug-likeness (QED) is 0.909. The van der Waals surface area contributed by atoms with E-state index in [0.29, 0.717) is 5.92 Å². The smallest absolute Gasteiger partial charge is 0.255 e. The van der Waals surface area contributed by atoms with Crippen LogP contribution in [0.5, 0.6) is 5.75 Å². The maximum atomic E-state index is 12.4. The van der Waals surface area contributed by atoms with Gasteiger partial charge in [0.2, 0.25) is 0 Å². The molecule has 1 unspecified atom stereocenters. The molecule has 1 saturated carbocycles. The Labute approximate surface area is 141 Å². The highest BCUT2D eigenvalue weighted by Gasteiger charge is 2.30. The van der Waals surface area contributed by atoms with Crippen molar-refractivity contribution >= 4 is 16.6 Å². The lowest BCUT2D eigenvalue weighted by atomic mass is 10.0. The Kier molecular flexibility index (Phi) is 3.57. The molecule has 1 saturated heterocycles. The molecule has 0 radical (unpaired) electrons. The number of aryl methyl sites for hydroxylation is 1. The van der Waals surface area contributed by atoms with E-state index in [-0.39, 0.29) is 23.4 Å². The SMILES string of the molecule is Cc1c(N2CCC([C@H](C)N)C2)ccc2c(O)cc(=O)n(C3CC3)c12. The Balaban J connectivity index is 1.86. The zero-order chi connectivity index (χ0) is 17.0. The van der Waals surface area contributed by atoms with E-state index in [1.54, 1.807) is 0 Å². The zero-order valence-electron chi connectivity index (χ0n) is 14.3. The van der Waals surface area contributed by atoms with E-state index in [2.05, 4.69) is 24.8 Å². The fourth-order valence-electron chi connectivity index (χ4n) is 4.05. The molecule has 5 heteroatoms. The van der Waals surface area contributed by atoms with E-state index in [1.165, 1.54) is 6.07 Å². The first-order valence-electron chi connectivity index (χ1n) is 8.85. The number of fused-ring (bicyclic) bond motifs is 1. The number of pyridine rings is 1. The molecule has 24 heavy (non-hydrogen) atoms. The van der Waals surface area contributed by atoms with E-state index in [9.17, 15) is 9.90 Å². The van der Waals surface area contributed by atoms with Gasteiger partial charge in [0.05, 0.1) is 5.52 Å². The number of rotatable bonds is 3. The molecule has 5 nitrogen and oxygen atoms in total. The van der Waals surface area contributed by atoms with Crippen molar-refractivity contribution in [2.24, 2.45) is 11.7 Å². The first-order valence-corrected chi connectivity index (χ1v) is 8.85. The minimum Gasteiger partial charge on any atom is -0.507 e. The summed E-state index contributed by atoms with van der Waals surface area (Å²) in [6.07, 6.45) is 3.18. The second-order valence-electron chi connectivity index (χ2n) is 7.43. The van der Waals surface area contributed by atoms with Crippen LogP contribution in [0.2, 0.25) is 0 Å². The average Bonchev–Trinajstić information content (AvgIpc) is 3.23. The third kappa shape index (κ3) is 2.38. The standard InChI is InChI=1S/C19H25N3O2/c1-11-16(21-8-7-13(10-21)12(2)20)6-5-15-17(23)9-18(24)22(19(11)15)14-3-4-14/h5-6,9,12-14,23H,3-4,7-8,10,20H2,1-2H3/t12-,13?/m0/s1. The summed E-state index contributed by atoms with van der Waals surface area (Å²) in [5, 5.41) is 11.0. The van der Waals surface area contributed by atoms with E-state index in [1.807, 2.05) is 10.6 Å². The number of hydrogen-bond donors (Lipinski definition) is 2. The average molecular weight is 327 g/mol. The highest BCUT2D eigenvalue weighted by atomic mass is 16.3. The van der Waals surface area contributed by atoms with Gasteiger partial charge in [-0.05, 0) is 56.7 Å². The molecule has 1 aromatic carbocycles. The Morgan fingerprint density at radius 2 is 2.04 bits per heavy atom. The summed E-state index contributed by atoms with van der Waals surface area (Å²) in [7, 11) is 0. The molecule has 0 spiro atoms. The molecule has 0 bridgehead atoms. The lowest BCUT2D eigenvalue weighted by molar-refractivity contribution is 0.478. The topological polar surface area (TPSA) is 71.5 Å². The summed E-state index contributed by atoms with van der Waals surface area (Å²) in [5.41, 5.74) is 9.11. The van der Waals surface area contributed by atoms with Gasteiger partial charge in [-0.2, -0.15) is 0 Å². The van der Waals surface area contributed by atoms with Gasteiger partial charge in [-0.3, -0.25) is 4.79 Å². The van der Waals surface area contributed by atoms with Crippen LogP contribution in [0.15, 0.2) is 23.0 Å². The van der Waals surface area contributed by atoms with Gasteiger partial charge >= 0.3 is 0 Å². The molecular formula is C19H25N3O2. The summed E-state index contributed by atoms with van der Waals surface area (Å²) < 4.78 is 1.88. The number of hydrogen-bond acceptors (Lipinski definition) is 4. The molecule has 2 heterocycles. The molecule has 128 valence electrons. The van der Waals surface area contributed by atoms with Crippen molar-refractivity contribution < 1.29 is 5.11 Å². The van der Waals surface area contributed by atoms with Gasteiger partial charge in [0, 0.05) is 42.3 Å². The van der Waals surface area contributed by atoms with Gasteiger partial charge in [-0.25, -0.2) is 0 Å². The van der Waals surface area contributed by atoms with E-state index in [0.717, 1.165) is 54.5 Å². The van der Waals surface area contributed by atoms with Crippen LogP contribution in [-0.4, -0.2) is 28.8 Å². The number of aromatic hydroxyl groups is 1. The highest BCUT2D eigenvalue weighted by molar-refractivity contribution is 5.91. The van der Waals surface area contributed by atoms with Crippen LogP contribution in [0.1, 0.15) is 37.8 Å². The van der Waals surface area contributed by atoms with Crippen LogP contribution >= 0.6 is 0 Å². The van der Waals surface area contributed by atoms with Crippen molar-refractivity contribution in [3.8, 4) is 5.75 Å². The number of nitrogens with two attached hydrogens (primary N) is 1. The van der Waals surface area contributed by atoms with Crippen molar-refractivity contribution in [1.29, 1.82) is 0 Å². The van der Waals surface area contributed by atoms with Crippen LogP contribution < -0.4 is 16.2 Å². The van der Waals surface area contributed by atoms with Crippen LogP contribution in [0, 0.1) is 12.8 Å². The van der Waals surface area contributed by atoms with E-state index in [4.69, 9.17) is 5.73 Å². The van der Waals surface area contributed by atoms with Crippen molar-refractivity contribution in [1.82, 2.24) is 4.57 Å². The highest BCUT2D eigenvalue weighted by Crippen LogP contribution is 2.40. The molecule has 0 amide bonds. The van der Waals surface area contributed by atoms with Crippen molar-refractivity contribution in [3.05, 3.63) is 34.1 Å².